The largest absolute Gasteiger partial charge is 0.357 e. The van der Waals surface area contributed by atoms with Crippen molar-refractivity contribution >= 4 is 23.6 Å². The Hall–Kier alpha value is -1.69. The molecule has 0 saturated carbocycles. The topological polar surface area (TPSA) is 56.7 Å². The van der Waals surface area contributed by atoms with Crippen LogP contribution in [0.2, 0.25) is 0 Å². The Kier molecular flexibility index (Phi) is 7.95. The maximum absolute atomic E-state index is 11.7. The molecule has 0 aliphatic carbocycles. The van der Waals surface area contributed by atoms with Crippen molar-refractivity contribution in [2.45, 2.75) is 32.9 Å². The van der Waals surface area contributed by atoms with Gasteiger partial charge in [0, 0.05) is 38.4 Å². The molecular weight excluding hydrogens is 320 g/mol. The van der Waals surface area contributed by atoms with Gasteiger partial charge < -0.3 is 15.5 Å². The van der Waals surface area contributed by atoms with E-state index < -0.39 is 0 Å². The number of hydrogen-bond acceptors (Lipinski definition) is 3. The van der Waals surface area contributed by atoms with E-state index in [1.807, 2.05) is 16.7 Å². The van der Waals surface area contributed by atoms with Crippen molar-refractivity contribution in [3.8, 4) is 0 Å². The van der Waals surface area contributed by atoms with Crippen LogP contribution in [0.1, 0.15) is 30.9 Å². The number of likely N-dealkylation sites (tertiary alicyclic amines) is 1. The SMILES string of the molecule is CCNC(=NCc1ccc(CN2CCCC2=O)cc1)NCCSC. The molecule has 0 radical (unpaired) electrons. The van der Waals surface area contributed by atoms with E-state index in [1.54, 1.807) is 0 Å². The highest BCUT2D eigenvalue weighted by atomic mass is 32.2. The summed E-state index contributed by atoms with van der Waals surface area (Å²) >= 11 is 1.82. The van der Waals surface area contributed by atoms with Crippen LogP contribution in [0.15, 0.2) is 29.3 Å². The Labute approximate surface area is 149 Å². The maximum atomic E-state index is 11.7. The van der Waals surface area contributed by atoms with Crippen LogP contribution in [0.4, 0.5) is 0 Å². The number of guanidine groups is 1. The summed E-state index contributed by atoms with van der Waals surface area (Å²) in [6.07, 6.45) is 3.79. The van der Waals surface area contributed by atoms with Crippen LogP contribution in [0, 0.1) is 0 Å². The van der Waals surface area contributed by atoms with Gasteiger partial charge in [-0.1, -0.05) is 24.3 Å². The molecule has 1 saturated heterocycles. The minimum Gasteiger partial charge on any atom is -0.357 e. The maximum Gasteiger partial charge on any atom is 0.222 e. The summed E-state index contributed by atoms with van der Waals surface area (Å²) in [6.45, 7) is 6.10. The molecule has 2 N–H and O–H groups in total. The van der Waals surface area contributed by atoms with Crippen LogP contribution >= 0.6 is 11.8 Å². The van der Waals surface area contributed by atoms with E-state index in [0.29, 0.717) is 13.0 Å². The van der Waals surface area contributed by atoms with Gasteiger partial charge in [-0.25, -0.2) is 4.99 Å². The summed E-state index contributed by atoms with van der Waals surface area (Å²) in [4.78, 5) is 18.2. The van der Waals surface area contributed by atoms with Gasteiger partial charge in [0.1, 0.15) is 0 Å². The number of carbonyl (C=O) groups excluding carboxylic acids is 1. The quantitative estimate of drug-likeness (QED) is 0.430. The first-order valence-corrected chi connectivity index (χ1v) is 9.99. The van der Waals surface area contributed by atoms with E-state index in [2.05, 4.69) is 53.1 Å². The fraction of sp³-hybridized carbons (Fsp3) is 0.556. The van der Waals surface area contributed by atoms with E-state index in [9.17, 15) is 4.79 Å². The summed E-state index contributed by atoms with van der Waals surface area (Å²) < 4.78 is 0. The van der Waals surface area contributed by atoms with Gasteiger partial charge in [0.25, 0.3) is 0 Å². The van der Waals surface area contributed by atoms with Crippen LogP contribution in [-0.2, 0) is 17.9 Å². The van der Waals surface area contributed by atoms with Crippen LogP contribution < -0.4 is 10.6 Å². The van der Waals surface area contributed by atoms with Crippen LogP contribution in [0.5, 0.6) is 0 Å². The fourth-order valence-corrected chi connectivity index (χ4v) is 2.93. The molecule has 0 atom stereocenters. The lowest BCUT2D eigenvalue weighted by Crippen LogP contribution is -2.38. The molecule has 1 fully saturated rings. The molecule has 6 heteroatoms. The van der Waals surface area contributed by atoms with Gasteiger partial charge in [0.2, 0.25) is 5.91 Å². The van der Waals surface area contributed by atoms with Crippen molar-refractivity contribution in [1.82, 2.24) is 15.5 Å². The molecule has 2 rings (SSSR count). The second-order valence-corrected chi connectivity index (χ2v) is 6.84. The normalized spacial score (nSPS) is 15.0. The van der Waals surface area contributed by atoms with Crippen molar-refractivity contribution in [3.63, 3.8) is 0 Å². The van der Waals surface area contributed by atoms with Crippen molar-refractivity contribution in [3.05, 3.63) is 35.4 Å². The van der Waals surface area contributed by atoms with E-state index >= 15 is 0 Å². The number of thioether (sulfide) groups is 1. The summed E-state index contributed by atoms with van der Waals surface area (Å²) in [5.41, 5.74) is 2.36. The zero-order valence-corrected chi connectivity index (χ0v) is 15.5. The molecule has 1 heterocycles. The van der Waals surface area contributed by atoms with Crippen molar-refractivity contribution < 1.29 is 4.79 Å². The number of nitrogens with one attached hydrogen (secondary N) is 2. The summed E-state index contributed by atoms with van der Waals surface area (Å²) in [5.74, 6) is 2.20. The molecule has 0 unspecified atom stereocenters. The average molecular weight is 349 g/mol. The highest BCUT2D eigenvalue weighted by molar-refractivity contribution is 7.98. The third kappa shape index (κ3) is 6.07. The monoisotopic (exact) mass is 348 g/mol. The first-order chi connectivity index (χ1) is 11.7. The highest BCUT2D eigenvalue weighted by Gasteiger charge is 2.19. The molecule has 0 aromatic heterocycles. The third-order valence-electron chi connectivity index (χ3n) is 3.93. The summed E-state index contributed by atoms with van der Waals surface area (Å²) in [6, 6.07) is 8.41. The second kappa shape index (κ2) is 10.2. The number of rotatable bonds is 8. The fourth-order valence-electron chi connectivity index (χ4n) is 2.63. The molecule has 132 valence electrons. The number of benzene rings is 1. The Morgan fingerprint density at radius 2 is 2.00 bits per heavy atom. The summed E-state index contributed by atoms with van der Waals surface area (Å²) in [5, 5.41) is 6.59. The van der Waals surface area contributed by atoms with Crippen molar-refractivity contribution in [2.75, 3.05) is 31.6 Å². The molecule has 1 aliphatic rings. The minimum atomic E-state index is 0.273. The lowest BCUT2D eigenvalue weighted by Gasteiger charge is -2.15. The molecule has 1 aromatic carbocycles. The Balaban J connectivity index is 1.87. The molecule has 5 nitrogen and oxygen atoms in total. The van der Waals surface area contributed by atoms with Gasteiger partial charge in [-0.05, 0) is 30.7 Å². The lowest BCUT2D eigenvalue weighted by molar-refractivity contribution is -0.128. The minimum absolute atomic E-state index is 0.273. The number of aliphatic imine (C=N–C) groups is 1. The third-order valence-corrected chi connectivity index (χ3v) is 4.54. The van der Waals surface area contributed by atoms with Gasteiger partial charge in [-0.15, -0.1) is 0 Å². The van der Waals surface area contributed by atoms with Crippen molar-refractivity contribution in [1.29, 1.82) is 0 Å². The Morgan fingerprint density at radius 3 is 2.62 bits per heavy atom. The molecule has 1 aliphatic heterocycles. The first-order valence-electron chi connectivity index (χ1n) is 8.59. The first kappa shape index (κ1) is 18.6. The highest BCUT2D eigenvalue weighted by Crippen LogP contribution is 2.15. The average Bonchev–Trinajstić information content (AvgIpc) is 2.99. The zero-order chi connectivity index (χ0) is 17.2. The number of carbonyl (C=O) groups is 1. The predicted octanol–water partition coefficient (Wildman–Crippen LogP) is 2.23. The van der Waals surface area contributed by atoms with E-state index in [-0.39, 0.29) is 5.91 Å². The number of hydrogen-bond donors (Lipinski definition) is 2. The smallest absolute Gasteiger partial charge is 0.222 e. The van der Waals surface area contributed by atoms with Crippen LogP contribution in [0.25, 0.3) is 0 Å². The van der Waals surface area contributed by atoms with Gasteiger partial charge >= 0.3 is 0 Å². The molecule has 24 heavy (non-hydrogen) atoms. The van der Waals surface area contributed by atoms with E-state index in [4.69, 9.17) is 0 Å². The number of amides is 1. The Morgan fingerprint density at radius 1 is 1.25 bits per heavy atom. The van der Waals surface area contributed by atoms with E-state index in [1.165, 1.54) is 11.1 Å². The predicted molar refractivity (Wildman–Crippen MR) is 102 cm³/mol. The van der Waals surface area contributed by atoms with E-state index in [0.717, 1.165) is 44.3 Å². The molecular formula is C18H28N4OS. The van der Waals surface area contributed by atoms with Gasteiger partial charge in [0.15, 0.2) is 5.96 Å². The van der Waals surface area contributed by atoms with Crippen LogP contribution in [0.3, 0.4) is 0 Å². The van der Waals surface area contributed by atoms with Gasteiger partial charge in [0.05, 0.1) is 6.54 Å². The van der Waals surface area contributed by atoms with Gasteiger partial charge in [-0.3, -0.25) is 4.79 Å². The molecule has 0 spiro atoms. The molecule has 0 bridgehead atoms. The number of nitrogens with zero attached hydrogens (tertiary/aromatic N) is 2. The van der Waals surface area contributed by atoms with Crippen LogP contribution in [-0.4, -0.2) is 48.4 Å². The standard InChI is InChI=1S/C18H28N4OS/c1-3-19-18(20-10-12-24-2)21-13-15-6-8-16(9-7-15)14-22-11-4-5-17(22)23/h6-9H,3-5,10-14H2,1-2H3,(H2,19,20,21). The zero-order valence-electron chi connectivity index (χ0n) is 14.7. The lowest BCUT2D eigenvalue weighted by atomic mass is 10.1. The van der Waals surface area contributed by atoms with Gasteiger partial charge in [-0.2, -0.15) is 11.8 Å². The Bertz CT molecular complexity index is 544. The van der Waals surface area contributed by atoms with Crippen molar-refractivity contribution in [2.24, 2.45) is 4.99 Å². The summed E-state index contributed by atoms with van der Waals surface area (Å²) in [7, 11) is 0. The molecule has 1 amide bonds. The second-order valence-electron chi connectivity index (χ2n) is 5.85. The molecule has 1 aromatic rings.